The summed E-state index contributed by atoms with van der Waals surface area (Å²) >= 11 is 0. The summed E-state index contributed by atoms with van der Waals surface area (Å²) in [6, 6.07) is 5.00. The van der Waals surface area contributed by atoms with Gasteiger partial charge in [-0.1, -0.05) is 0 Å². The Balaban J connectivity index is 2.98. The molecule has 0 fully saturated rings. The third kappa shape index (κ3) is 3.98. The number of hydrogen-bond acceptors (Lipinski definition) is 4. The summed E-state index contributed by atoms with van der Waals surface area (Å²) in [6.45, 7) is 7.89. The van der Waals surface area contributed by atoms with Crippen LogP contribution in [0.15, 0.2) is 18.2 Å². The molecule has 0 heterocycles. The van der Waals surface area contributed by atoms with Crippen molar-refractivity contribution in [1.82, 2.24) is 0 Å². The maximum absolute atomic E-state index is 11.6. The molecule has 0 aliphatic rings. The summed E-state index contributed by atoms with van der Waals surface area (Å²) in [5.74, 6) is 0.180. The second-order valence-electron chi connectivity index (χ2n) is 4.68. The zero-order valence-electron chi connectivity index (χ0n) is 10.7. The average molecular weight is 237 g/mol. The van der Waals surface area contributed by atoms with Crippen molar-refractivity contribution in [2.45, 2.75) is 33.3 Å². The molecule has 0 aliphatic carbocycles. The lowest BCUT2D eigenvalue weighted by molar-refractivity contribution is 0.0526. The van der Waals surface area contributed by atoms with Crippen LogP contribution in [0.5, 0.6) is 5.75 Å². The van der Waals surface area contributed by atoms with E-state index in [1.807, 2.05) is 20.8 Å². The molecule has 0 aromatic heterocycles. The number of anilines is 1. The number of hydrogen-bond donors (Lipinski definition) is 1. The van der Waals surface area contributed by atoms with E-state index in [4.69, 9.17) is 15.2 Å². The number of carbonyl (C=O) groups is 1. The second-order valence-corrected chi connectivity index (χ2v) is 4.68. The first-order chi connectivity index (χ1) is 7.83. The number of rotatable bonds is 3. The van der Waals surface area contributed by atoms with Crippen molar-refractivity contribution in [3.05, 3.63) is 23.8 Å². The molecule has 4 heteroatoms. The fourth-order valence-electron chi connectivity index (χ4n) is 1.34. The average Bonchev–Trinajstić information content (AvgIpc) is 2.19. The zero-order chi connectivity index (χ0) is 13.1. The molecule has 94 valence electrons. The van der Waals surface area contributed by atoms with Gasteiger partial charge in [-0.2, -0.15) is 0 Å². The largest absolute Gasteiger partial charge is 0.488 e. The lowest BCUT2D eigenvalue weighted by atomic mass is 10.1. The van der Waals surface area contributed by atoms with Crippen LogP contribution in [0.2, 0.25) is 0 Å². The van der Waals surface area contributed by atoms with Crippen LogP contribution in [0.1, 0.15) is 38.1 Å². The number of esters is 1. The highest BCUT2D eigenvalue weighted by Gasteiger charge is 2.16. The quantitative estimate of drug-likeness (QED) is 0.648. The third-order valence-electron chi connectivity index (χ3n) is 1.94. The summed E-state index contributed by atoms with van der Waals surface area (Å²) < 4.78 is 10.6. The lowest BCUT2D eigenvalue weighted by Crippen LogP contribution is -2.23. The lowest BCUT2D eigenvalue weighted by Gasteiger charge is -2.21. The highest BCUT2D eigenvalue weighted by Crippen LogP contribution is 2.23. The monoisotopic (exact) mass is 237 g/mol. The molecule has 2 N–H and O–H groups in total. The Bertz CT molecular complexity index is 408. The molecule has 0 saturated heterocycles. The van der Waals surface area contributed by atoms with Gasteiger partial charge in [0.15, 0.2) is 0 Å². The smallest absolute Gasteiger partial charge is 0.340 e. The van der Waals surface area contributed by atoms with Gasteiger partial charge in [0, 0.05) is 5.69 Å². The molecular weight excluding hydrogens is 218 g/mol. The Morgan fingerprint density at radius 3 is 2.53 bits per heavy atom. The van der Waals surface area contributed by atoms with Gasteiger partial charge in [-0.15, -0.1) is 0 Å². The van der Waals surface area contributed by atoms with Gasteiger partial charge >= 0.3 is 5.97 Å². The molecule has 0 atom stereocenters. The molecule has 0 bridgehead atoms. The Labute approximate surface area is 102 Å². The van der Waals surface area contributed by atoms with Crippen LogP contribution in [-0.2, 0) is 4.74 Å². The van der Waals surface area contributed by atoms with Crippen molar-refractivity contribution in [1.29, 1.82) is 0 Å². The normalized spacial score (nSPS) is 11.1. The Kier molecular flexibility index (Phi) is 3.99. The van der Waals surface area contributed by atoms with Crippen molar-refractivity contribution >= 4 is 11.7 Å². The summed E-state index contributed by atoms with van der Waals surface area (Å²) in [7, 11) is 0. The molecule has 0 spiro atoms. The van der Waals surface area contributed by atoms with Crippen LogP contribution < -0.4 is 10.5 Å². The number of nitrogens with two attached hydrogens (primary N) is 1. The van der Waals surface area contributed by atoms with Gasteiger partial charge in [0.05, 0.1) is 12.2 Å². The van der Waals surface area contributed by atoms with Crippen molar-refractivity contribution in [3.8, 4) is 5.75 Å². The minimum atomic E-state index is -0.427. The first kappa shape index (κ1) is 13.4. The summed E-state index contributed by atoms with van der Waals surface area (Å²) in [5.41, 5.74) is 6.15. The fourth-order valence-corrected chi connectivity index (χ4v) is 1.34. The van der Waals surface area contributed by atoms with Gasteiger partial charge < -0.3 is 15.2 Å². The van der Waals surface area contributed by atoms with Crippen LogP contribution in [0.4, 0.5) is 5.69 Å². The molecule has 1 aromatic carbocycles. The van der Waals surface area contributed by atoms with Crippen molar-refractivity contribution in [2.24, 2.45) is 0 Å². The first-order valence-electron chi connectivity index (χ1n) is 5.59. The van der Waals surface area contributed by atoms with E-state index in [2.05, 4.69) is 0 Å². The highest BCUT2D eigenvalue weighted by atomic mass is 16.5. The molecule has 0 amide bonds. The van der Waals surface area contributed by atoms with E-state index in [9.17, 15) is 4.79 Å². The van der Waals surface area contributed by atoms with E-state index in [1.165, 1.54) is 0 Å². The molecule has 0 unspecified atom stereocenters. The molecule has 0 saturated carbocycles. The predicted molar refractivity (Wildman–Crippen MR) is 67.2 cm³/mol. The van der Waals surface area contributed by atoms with Gasteiger partial charge in [0.1, 0.15) is 11.4 Å². The Hall–Kier alpha value is -1.71. The SMILES string of the molecule is CCOC(=O)c1cc(OC(C)(C)C)ccc1N. The molecule has 1 aromatic rings. The van der Waals surface area contributed by atoms with Crippen LogP contribution >= 0.6 is 0 Å². The van der Waals surface area contributed by atoms with Crippen molar-refractivity contribution < 1.29 is 14.3 Å². The van der Waals surface area contributed by atoms with Crippen molar-refractivity contribution in [3.63, 3.8) is 0 Å². The van der Waals surface area contributed by atoms with Crippen LogP contribution in [-0.4, -0.2) is 18.2 Å². The van der Waals surface area contributed by atoms with E-state index in [1.54, 1.807) is 25.1 Å². The van der Waals surface area contributed by atoms with E-state index in [-0.39, 0.29) is 5.60 Å². The summed E-state index contributed by atoms with van der Waals surface area (Å²) in [5, 5.41) is 0. The number of benzene rings is 1. The van der Waals surface area contributed by atoms with E-state index >= 15 is 0 Å². The molecule has 0 radical (unpaired) electrons. The molecule has 0 aliphatic heterocycles. The van der Waals surface area contributed by atoms with Gasteiger partial charge in [-0.3, -0.25) is 0 Å². The van der Waals surface area contributed by atoms with Crippen LogP contribution in [0, 0.1) is 0 Å². The van der Waals surface area contributed by atoms with E-state index in [0.29, 0.717) is 23.6 Å². The summed E-state index contributed by atoms with van der Waals surface area (Å²) in [4.78, 5) is 11.6. The minimum Gasteiger partial charge on any atom is -0.488 e. The summed E-state index contributed by atoms with van der Waals surface area (Å²) in [6.07, 6.45) is 0. The third-order valence-corrected chi connectivity index (χ3v) is 1.94. The predicted octanol–water partition coefficient (Wildman–Crippen LogP) is 2.62. The molecule has 4 nitrogen and oxygen atoms in total. The number of carbonyl (C=O) groups excluding carboxylic acids is 1. The maximum Gasteiger partial charge on any atom is 0.340 e. The van der Waals surface area contributed by atoms with Crippen molar-refractivity contribution in [2.75, 3.05) is 12.3 Å². The Morgan fingerprint density at radius 1 is 1.35 bits per heavy atom. The highest BCUT2D eigenvalue weighted by molar-refractivity contribution is 5.95. The molecular formula is C13H19NO3. The number of ether oxygens (including phenoxy) is 2. The standard InChI is InChI=1S/C13H19NO3/c1-5-16-12(15)10-8-9(6-7-11(10)14)17-13(2,3)4/h6-8H,5,14H2,1-4H3. The number of nitrogen functional groups attached to an aromatic ring is 1. The van der Waals surface area contributed by atoms with Gasteiger partial charge in [0.25, 0.3) is 0 Å². The van der Waals surface area contributed by atoms with Crippen LogP contribution in [0.25, 0.3) is 0 Å². The maximum atomic E-state index is 11.6. The van der Waals surface area contributed by atoms with Gasteiger partial charge in [0.2, 0.25) is 0 Å². The van der Waals surface area contributed by atoms with E-state index in [0.717, 1.165) is 0 Å². The molecule has 17 heavy (non-hydrogen) atoms. The molecule has 1 rings (SSSR count). The zero-order valence-corrected chi connectivity index (χ0v) is 10.7. The Morgan fingerprint density at radius 2 is 2.00 bits per heavy atom. The van der Waals surface area contributed by atoms with Crippen LogP contribution in [0.3, 0.4) is 0 Å². The second kappa shape index (κ2) is 5.08. The van der Waals surface area contributed by atoms with Gasteiger partial charge in [-0.05, 0) is 45.9 Å². The first-order valence-corrected chi connectivity index (χ1v) is 5.59. The minimum absolute atomic E-state index is 0.317. The topological polar surface area (TPSA) is 61.5 Å². The van der Waals surface area contributed by atoms with Gasteiger partial charge in [-0.25, -0.2) is 4.79 Å². The van der Waals surface area contributed by atoms with E-state index < -0.39 is 5.97 Å². The fraction of sp³-hybridized carbons (Fsp3) is 0.462.